The van der Waals surface area contributed by atoms with E-state index >= 15 is 0 Å². The van der Waals surface area contributed by atoms with Crippen molar-refractivity contribution in [3.63, 3.8) is 0 Å². The van der Waals surface area contributed by atoms with Gasteiger partial charge in [-0.25, -0.2) is 12.8 Å². The van der Waals surface area contributed by atoms with Gasteiger partial charge in [0.1, 0.15) is 22.2 Å². The molecule has 0 bridgehead atoms. The lowest BCUT2D eigenvalue weighted by Gasteiger charge is -2.25. The summed E-state index contributed by atoms with van der Waals surface area (Å²) >= 11 is 0. The maximum atomic E-state index is 14.2. The van der Waals surface area contributed by atoms with E-state index < -0.39 is 21.9 Å². The highest BCUT2D eigenvalue weighted by atomic mass is 32.2. The lowest BCUT2D eigenvalue weighted by atomic mass is 10.1. The number of sulfonamides is 1. The van der Waals surface area contributed by atoms with Gasteiger partial charge < -0.3 is 9.47 Å². The molecule has 3 rings (SSSR count). The third-order valence-electron chi connectivity index (χ3n) is 4.43. The van der Waals surface area contributed by atoms with Gasteiger partial charge in [-0.3, -0.25) is 0 Å². The maximum absolute atomic E-state index is 14.2. The summed E-state index contributed by atoms with van der Waals surface area (Å²) in [6.07, 6.45) is 1.25. The Hall–Kier alpha value is -2.12. The first-order valence-electron chi connectivity index (χ1n) is 7.97. The molecule has 0 amide bonds. The third-order valence-corrected chi connectivity index (χ3v) is 6.35. The maximum Gasteiger partial charge on any atom is 0.247 e. The van der Waals surface area contributed by atoms with Crippen molar-refractivity contribution in [3.05, 3.63) is 53.8 Å². The molecule has 1 aliphatic rings. The molecule has 0 radical (unpaired) electrons. The Morgan fingerprint density at radius 2 is 1.88 bits per heavy atom. The Morgan fingerprint density at radius 3 is 2.56 bits per heavy atom. The summed E-state index contributed by atoms with van der Waals surface area (Å²) in [5.74, 6) is 0.258. The van der Waals surface area contributed by atoms with Crippen LogP contribution in [0.1, 0.15) is 24.4 Å². The van der Waals surface area contributed by atoms with E-state index in [9.17, 15) is 12.8 Å². The lowest BCUT2D eigenvalue weighted by molar-refractivity contribution is 0.371. The van der Waals surface area contributed by atoms with E-state index in [1.165, 1.54) is 30.7 Å². The van der Waals surface area contributed by atoms with E-state index in [0.717, 1.165) is 0 Å². The van der Waals surface area contributed by atoms with Gasteiger partial charge in [0.2, 0.25) is 10.0 Å². The molecule has 25 heavy (non-hydrogen) atoms. The van der Waals surface area contributed by atoms with Gasteiger partial charge in [0.15, 0.2) is 0 Å². The molecule has 0 unspecified atom stereocenters. The van der Waals surface area contributed by atoms with Crippen LogP contribution < -0.4 is 9.47 Å². The normalized spacial score (nSPS) is 18.3. The Balaban J connectivity index is 2.06. The van der Waals surface area contributed by atoms with E-state index in [1.807, 2.05) is 0 Å². The van der Waals surface area contributed by atoms with Crippen LogP contribution in [0.15, 0.2) is 47.4 Å². The van der Waals surface area contributed by atoms with Gasteiger partial charge in [0.25, 0.3) is 0 Å². The second kappa shape index (κ2) is 7.01. The van der Waals surface area contributed by atoms with Crippen LogP contribution in [0.4, 0.5) is 4.39 Å². The molecule has 1 heterocycles. The molecule has 1 saturated heterocycles. The predicted molar refractivity (Wildman–Crippen MR) is 91.8 cm³/mol. The average Bonchev–Trinajstić information content (AvgIpc) is 3.12. The number of benzene rings is 2. The van der Waals surface area contributed by atoms with Crippen molar-refractivity contribution in [2.75, 3.05) is 20.8 Å². The minimum absolute atomic E-state index is 0.0255. The number of rotatable bonds is 5. The topological polar surface area (TPSA) is 55.8 Å². The van der Waals surface area contributed by atoms with Crippen molar-refractivity contribution in [2.45, 2.75) is 23.8 Å². The van der Waals surface area contributed by atoms with Gasteiger partial charge in [-0.2, -0.15) is 4.31 Å². The minimum atomic E-state index is -3.87. The quantitative estimate of drug-likeness (QED) is 0.815. The number of hydrogen-bond acceptors (Lipinski definition) is 4. The number of methoxy groups -OCH3 is 2. The molecule has 0 aromatic heterocycles. The summed E-state index contributed by atoms with van der Waals surface area (Å²) in [5, 5.41) is 0. The Morgan fingerprint density at radius 1 is 1.12 bits per heavy atom. The fourth-order valence-electron chi connectivity index (χ4n) is 3.20. The molecule has 5 nitrogen and oxygen atoms in total. The van der Waals surface area contributed by atoms with Crippen LogP contribution in [0.2, 0.25) is 0 Å². The van der Waals surface area contributed by atoms with Crippen LogP contribution in [-0.2, 0) is 10.0 Å². The highest BCUT2D eigenvalue weighted by Crippen LogP contribution is 2.40. The van der Waals surface area contributed by atoms with Crippen LogP contribution in [0, 0.1) is 5.82 Å². The van der Waals surface area contributed by atoms with Gasteiger partial charge in [-0.15, -0.1) is 0 Å². The molecule has 2 aromatic rings. The first-order valence-corrected chi connectivity index (χ1v) is 9.41. The van der Waals surface area contributed by atoms with E-state index in [4.69, 9.17) is 9.47 Å². The SMILES string of the molecule is COc1ccc(OC)c(S(=O)(=O)N2CCC[C@H]2c2ccccc2F)c1. The van der Waals surface area contributed by atoms with Crippen molar-refractivity contribution in [3.8, 4) is 11.5 Å². The van der Waals surface area contributed by atoms with Crippen LogP contribution >= 0.6 is 0 Å². The molecule has 1 fully saturated rings. The molecule has 1 aliphatic heterocycles. The van der Waals surface area contributed by atoms with Crippen molar-refractivity contribution in [1.82, 2.24) is 4.31 Å². The summed E-state index contributed by atoms with van der Waals surface area (Å²) in [6.45, 7) is 0.335. The predicted octanol–water partition coefficient (Wildman–Crippen LogP) is 3.37. The molecule has 0 saturated carbocycles. The molecule has 134 valence electrons. The first-order chi connectivity index (χ1) is 12.0. The summed E-state index contributed by atoms with van der Waals surface area (Å²) in [5.41, 5.74) is 0.394. The number of halogens is 1. The molecular formula is C18H20FNO4S. The Bertz CT molecular complexity index is 869. The number of hydrogen-bond donors (Lipinski definition) is 0. The van der Waals surface area contributed by atoms with Gasteiger partial charge in [0.05, 0.1) is 20.3 Å². The molecule has 0 N–H and O–H groups in total. The smallest absolute Gasteiger partial charge is 0.247 e. The van der Waals surface area contributed by atoms with E-state index in [2.05, 4.69) is 0 Å². The molecular weight excluding hydrogens is 345 g/mol. The fourth-order valence-corrected chi connectivity index (χ4v) is 5.04. The molecule has 7 heteroatoms. The Kier molecular flexibility index (Phi) is 4.96. The zero-order chi connectivity index (χ0) is 18.0. The third kappa shape index (κ3) is 3.21. The van der Waals surface area contributed by atoms with Crippen molar-refractivity contribution < 1.29 is 22.3 Å². The molecule has 0 aliphatic carbocycles. The van der Waals surface area contributed by atoms with E-state index in [0.29, 0.717) is 30.7 Å². The highest BCUT2D eigenvalue weighted by Gasteiger charge is 2.38. The summed E-state index contributed by atoms with van der Waals surface area (Å²) in [7, 11) is -0.982. The van der Waals surface area contributed by atoms with Gasteiger partial charge in [0, 0.05) is 18.2 Å². The molecule has 1 atom stereocenters. The average molecular weight is 365 g/mol. The molecule has 2 aromatic carbocycles. The van der Waals surface area contributed by atoms with Crippen LogP contribution in [0.25, 0.3) is 0 Å². The lowest BCUT2D eigenvalue weighted by Crippen LogP contribution is -2.31. The number of ether oxygens (including phenoxy) is 2. The zero-order valence-corrected chi connectivity index (χ0v) is 14.9. The van der Waals surface area contributed by atoms with Crippen LogP contribution in [-0.4, -0.2) is 33.5 Å². The summed E-state index contributed by atoms with van der Waals surface area (Å²) < 4.78 is 52.4. The van der Waals surface area contributed by atoms with Gasteiger partial charge in [-0.1, -0.05) is 18.2 Å². The van der Waals surface area contributed by atoms with Crippen LogP contribution in [0.5, 0.6) is 11.5 Å². The van der Waals surface area contributed by atoms with Gasteiger partial charge in [-0.05, 0) is 31.0 Å². The number of nitrogens with zero attached hydrogens (tertiary/aromatic N) is 1. The van der Waals surface area contributed by atoms with Gasteiger partial charge >= 0.3 is 0 Å². The van der Waals surface area contributed by atoms with Crippen molar-refractivity contribution >= 4 is 10.0 Å². The largest absolute Gasteiger partial charge is 0.497 e. The zero-order valence-electron chi connectivity index (χ0n) is 14.1. The fraction of sp³-hybridized carbons (Fsp3) is 0.333. The molecule has 0 spiro atoms. The standard InChI is InChI=1S/C18H20FNO4S/c1-23-13-9-10-17(24-2)18(12-13)25(21,22)20-11-5-8-16(20)14-6-3-4-7-15(14)19/h3-4,6-7,9-10,12,16H,5,8,11H2,1-2H3/t16-/m0/s1. The Labute approximate surface area is 147 Å². The summed E-state index contributed by atoms with van der Waals surface area (Å²) in [6, 6.07) is 10.4. The van der Waals surface area contributed by atoms with E-state index in [-0.39, 0.29) is 10.6 Å². The first kappa shape index (κ1) is 17.7. The van der Waals surface area contributed by atoms with Crippen molar-refractivity contribution in [2.24, 2.45) is 0 Å². The second-order valence-corrected chi connectivity index (χ2v) is 7.67. The second-order valence-electron chi connectivity index (χ2n) is 5.81. The van der Waals surface area contributed by atoms with Crippen LogP contribution in [0.3, 0.4) is 0 Å². The van der Waals surface area contributed by atoms with Crippen molar-refractivity contribution in [1.29, 1.82) is 0 Å². The van der Waals surface area contributed by atoms with E-state index in [1.54, 1.807) is 30.3 Å². The minimum Gasteiger partial charge on any atom is -0.497 e. The highest BCUT2D eigenvalue weighted by molar-refractivity contribution is 7.89. The summed E-state index contributed by atoms with van der Waals surface area (Å²) in [4.78, 5) is 0.0255. The monoisotopic (exact) mass is 365 g/mol.